The molecule has 13 nitrogen and oxygen atoms in total. The summed E-state index contributed by atoms with van der Waals surface area (Å²) < 4.78 is 21.8. The van der Waals surface area contributed by atoms with Crippen LogP contribution >= 0.6 is 68.9 Å². The minimum Gasteiger partial charge on any atom is -0.361 e. The van der Waals surface area contributed by atoms with E-state index < -0.39 is 0 Å². The third-order valence-corrected chi connectivity index (χ3v) is 14.1. The van der Waals surface area contributed by atoms with E-state index in [9.17, 15) is 4.79 Å². The van der Waals surface area contributed by atoms with Gasteiger partial charge in [0, 0.05) is 63.5 Å². The maximum Gasteiger partial charge on any atom is 0.241 e. The number of nitrogens with one attached hydrogen (secondary N) is 2. The summed E-state index contributed by atoms with van der Waals surface area (Å²) in [5.74, 6) is 2.54. The molecule has 10 rings (SSSR count). The van der Waals surface area contributed by atoms with E-state index in [2.05, 4.69) is 70.8 Å². The van der Waals surface area contributed by atoms with Crippen molar-refractivity contribution in [1.82, 2.24) is 38.8 Å². The van der Waals surface area contributed by atoms with Crippen molar-refractivity contribution in [3.05, 3.63) is 147 Å². The number of aryl methyl sites for hydroxylation is 12. The third kappa shape index (κ3) is 19.9. The minimum absolute atomic E-state index is 0.0706. The molecule has 1 saturated carbocycles. The van der Waals surface area contributed by atoms with Crippen LogP contribution in [0.3, 0.4) is 0 Å². The maximum atomic E-state index is 10.6. The van der Waals surface area contributed by atoms with Crippen LogP contribution < -0.4 is 9.88 Å². The van der Waals surface area contributed by atoms with E-state index in [0.29, 0.717) is 5.13 Å². The zero-order valence-electron chi connectivity index (χ0n) is 42.0. The Morgan fingerprint density at radius 2 is 1.50 bits per heavy atom. The van der Waals surface area contributed by atoms with E-state index in [4.69, 9.17) is 32.2 Å². The van der Waals surface area contributed by atoms with Gasteiger partial charge < -0.3 is 14.4 Å². The highest BCUT2D eigenvalue weighted by Gasteiger charge is 2.29. The van der Waals surface area contributed by atoms with Gasteiger partial charge in [-0.1, -0.05) is 51.7 Å². The van der Waals surface area contributed by atoms with Crippen LogP contribution in [-0.2, 0) is 18.9 Å². The Labute approximate surface area is 427 Å². The summed E-state index contributed by atoms with van der Waals surface area (Å²) in [5, 5.41) is 20.7. The standard InChI is InChI=1S/C8H11NO.C7H10N2OS.C7H6N2S.C6H9ClN2.C6H9NO.C5H5ClS.C5H8N2.C5H6S/c1-5-6(2)10-9-8(5)7-3-4-7;1-4-5(2)11-7(8-4)9-6(3)10;1-5-3-2-4-6-7(5)9-10-8-6;1-4-5(2)8-9(3)6(4)7;1-4-5(2)7-8-6(4)3;1-4-2-5(6)3-7-4;1-5-3-7(2)4-6-5;1-5-3-2-4-6-5/h7H,3-4H2,1-2H3;1-3H3,(H,8,9,10);2-4H,1H3;1-3H3;1-3H3;2-3H,1H3;3-4H,1-2H3;2-4H,1H3/p+1. The van der Waals surface area contributed by atoms with Crippen molar-refractivity contribution < 1.29 is 18.4 Å². The first-order valence-corrected chi connectivity index (χ1v) is 25.7. The van der Waals surface area contributed by atoms with Crippen molar-refractivity contribution in [3.63, 3.8) is 0 Å². The molecule has 0 saturated heterocycles. The average molecular weight is 1040 g/mol. The molecule has 0 bridgehead atoms. The van der Waals surface area contributed by atoms with E-state index in [0.717, 1.165) is 71.7 Å². The van der Waals surface area contributed by atoms with Crippen LogP contribution in [-0.4, -0.2) is 44.7 Å². The lowest BCUT2D eigenvalue weighted by Crippen LogP contribution is -2.22. The number of hydrogen-bond donors (Lipinski definition) is 2. The number of amides is 1. The maximum absolute atomic E-state index is 10.6. The third-order valence-electron chi connectivity index (χ3n) is 10.0. The molecule has 0 atom stereocenters. The second-order valence-corrected chi connectivity index (χ2v) is 20.8. The smallest absolute Gasteiger partial charge is 0.241 e. The van der Waals surface area contributed by atoms with Crippen LogP contribution in [0, 0.1) is 90.0 Å². The zero-order valence-corrected chi connectivity index (χ0v) is 46.7. The number of thiazole rings is 1. The number of thiophene rings is 2. The van der Waals surface area contributed by atoms with Crippen LogP contribution in [0.2, 0.25) is 10.2 Å². The van der Waals surface area contributed by atoms with Gasteiger partial charge in [0.1, 0.15) is 39.6 Å². The fourth-order valence-corrected chi connectivity index (χ4v) is 8.49. The molecule has 0 radical (unpaired) electrons. The normalized spacial score (nSPS) is 11.0. The Hall–Kier alpha value is -5.04. The topological polar surface area (TPSA) is 157 Å². The Morgan fingerprint density at radius 1 is 0.824 bits per heavy atom. The SMILES string of the molecule is CC(=O)Nc1nc(C)c(C)s1.Cc1c[n+](C)c[nH]1.Cc1cc(Cl)cs1.Cc1cccc2nsnc12.Cc1cccs1.Cc1nn(C)c(Cl)c1C.Cc1noc(C)c1C.Cc1onc(C2CC2)c1C. The lowest BCUT2D eigenvalue weighted by atomic mass is 10.1. The number of carbonyl (C=O) groups excluding carboxylic acids is 1. The monoisotopic (exact) mass is 1040 g/mol. The number of hydrogen-bond acceptors (Lipinski definition) is 13. The van der Waals surface area contributed by atoms with Gasteiger partial charge in [-0.25, -0.2) is 14.5 Å². The molecule has 366 valence electrons. The quantitative estimate of drug-likeness (QED) is 0.161. The van der Waals surface area contributed by atoms with Crippen LogP contribution in [0.25, 0.3) is 11.0 Å². The molecule has 2 N–H and O–H groups in total. The van der Waals surface area contributed by atoms with E-state index in [1.165, 1.54) is 75.1 Å². The average Bonchev–Trinajstić information content (AvgIpc) is 4.00. The fraction of sp³-hybridized carbons (Fsp3) is 0.388. The highest BCUT2D eigenvalue weighted by atomic mass is 35.5. The Bertz CT molecular complexity index is 2750. The second-order valence-electron chi connectivity index (χ2n) is 16.0. The predicted molar refractivity (Wildman–Crippen MR) is 284 cm³/mol. The van der Waals surface area contributed by atoms with Gasteiger partial charge in [0.15, 0.2) is 5.13 Å². The van der Waals surface area contributed by atoms with Gasteiger partial charge >= 0.3 is 0 Å². The number of fused-ring (bicyclic) bond motifs is 1. The molecule has 1 fully saturated rings. The van der Waals surface area contributed by atoms with Crippen molar-refractivity contribution in [2.75, 3.05) is 5.32 Å². The summed E-state index contributed by atoms with van der Waals surface area (Å²) in [7, 11) is 3.83. The number of nitrogens with zero attached hydrogens (tertiary/aromatic N) is 8. The molecule has 0 aliphatic heterocycles. The van der Waals surface area contributed by atoms with Crippen LogP contribution in [0.5, 0.6) is 0 Å². The van der Waals surface area contributed by atoms with Gasteiger partial charge in [0.25, 0.3) is 0 Å². The van der Waals surface area contributed by atoms with E-state index >= 15 is 0 Å². The summed E-state index contributed by atoms with van der Waals surface area (Å²) >= 11 is 17.6. The van der Waals surface area contributed by atoms with Crippen molar-refractivity contribution in [2.45, 2.75) is 116 Å². The van der Waals surface area contributed by atoms with Gasteiger partial charge in [-0.3, -0.25) is 9.48 Å². The van der Waals surface area contributed by atoms with Crippen LogP contribution in [0.4, 0.5) is 5.13 Å². The molecule has 1 amide bonds. The molecule has 8 heterocycles. The number of halogens is 2. The highest BCUT2D eigenvalue weighted by Crippen LogP contribution is 2.41. The number of H-pyrrole nitrogens is 1. The van der Waals surface area contributed by atoms with Crippen molar-refractivity contribution >= 4 is 91.0 Å². The number of anilines is 1. The molecule has 68 heavy (non-hydrogen) atoms. The lowest BCUT2D eigenvalue weighted by molar-refractivity contribution is -0.670. The van der Waals surface area contributed by atoms with Crippen molar-refractivity contribution in [1.29, 1.82) is 0 Å². The number of imidazole rings is 1. The lowest BCUT2D eigenvalue weighted by Gasteiger charge is -1.91. The molecule has 0 unspecified atom stereocenters. The minimum atomic E-state index is -0.0706. The molecule has 1 aliphatic carbocycles. The van der Waals surface area contributed by atoms with E-state index in [-0.39, 0.29) is 5.91 Å². The Morgan fingerprint density at radius 3 is 1.81 bits per heavy atom. The van der Waals surface area contributed by atoms with Crippen molar-refractivity contribution in [2.24, 2.45) is 14.1 Å². The summed E-state index contributed by atoms with van der Waals surface area (Å²) in [4.78, 5) is 21.6. The summed E-state index contributed by atoms with van der Waals surface area (Å²) in [5.41, 5.74) is 12.1. The van der Waals surface area contributed by atoms with Crippen LogP contribution in [0.1, 0.15) is 103 Å². The summed E-state index contributed by atoms with van der Waals surface area (Å²) in [6.45, 7) is 27.4. The summed E-state index contributed by atoms with van der Waals surface area (Å²) in [6.07, 6.45) is 6.54. The number of aromatic nitrogens is 9. The molecule has 19 heteroatoms. The van der Waals surface area contributed by atoms with E-state index in [1.807, 2.05) is 137 Å². The first kappa shape index (κ1) is 57.3. The Balaban J connectivity index is 0.000000207. The van der Waals surface area contributed by atoms with Crippen molar-refractivity contribution in [3.8, 4) is 0 Å². The first-order valence-electron chi connectivity index (χ1n) is 21.7. The highest BCUT2D eigenvalue weighted by molar-refractivity contribution is 7.15. The number of carbonyl (C=O) groups is 1. The summed E-state index contributed by atoms with van der Waals surface area (Å²) in [6, 6.07) is 12.1. The molecule has 1 aromatic carbocycles. The van der Waals surface area contributed by atoms with Gasteiger partial charge in [0.05, 0.1) is 46.6 Å². The molecular weight excluding hydrogens is 976 g/mol. The largest absolute Gasteiger partial charge is 0.361 e. The molecule has 1 aliphatic rings. The van der Waals surface area contributed by atoms with Gasteiger partial charge in [0.2, 0.25) is 12.2 Å². The molecule has 9 aromatic rings. The van der Waals surface area contributed by atoms with Gasteiger partial charge in [-0.15, -0.1) is 34.0 Å². The van der Waals surface area contributed by atoms with E-state index in [1.54, 1.807) is 27.4 Å². The second kappa shape index (κ2) is 28.5. The number of aromatic amines is 1. The number of rotatable bonds is 2. The molecule has 0 spiro atoms. The van der Waals surface area contributed by atoms with Gasteiger partial charge in [-0.2, -0.15) is 13.8 Å². The fourth-order valence-electron chi connectivity index (χ4n) is 5.41. The first-order chi connectivity index (χ1) is 32.1. The zero-order chi connectivity index (χ0) is 50.7. The number of benzene rings is 1. The molecular formula is C49H65Cl2N10O3S4+. The predicted octanol–water partition coefficient (Wildman–Crippen LogP) is 14.1. The Kier molecular flexibility index (Phi) is 24.0. The molecule has 8 aromatic heterocycles. The van der Waals surface area contributed by atoms with Crippen LogP contribution in [0.15, 0.2) is 68.7 Å². The van der Waals surface area contributed by atoms with Gasteiger partial charge in [-0.05, 0) is 125 Å².